The Morgan fingerprint density at radius 3 is 2.62 bits per heavy atom. The predicted molar refractivity (Wildman–Crippen MR) is 61.6 cm³/mol. The van der Waals surface area contributed by atoms with Crippen molar-refractivity contribution in [3.05, 3.63) is 20.3 Å². The number of aliphatic hydroxyl groups excluding tert-OH is 2. The number of hydrogen-bond donors (Lipinski definition) is 3. The van der Waals surface area contributed by atoms with Crippen LogP contribution in [0.15, 0.2) is 9.85 Å². The van der Waals surface area contributed by atoms with Gasteiger partial charge < -0.3 is 10.2 Å². The Labute approximate surface area is 95.1 Å². The van der Waals surface area contributed by atoms with Crippen molar-refractivity contribution >= 4 is 39.9 Å². The Morgan fingerprint density at radius 2 is 2.23 bits per heavy atom. The van der Waals surface area contributed by atoms with E-state index in [1.165, 1.54) is 11.3 Å². The number of halogens is 1. The van der Waals surface area contributed by atoms with Gasteiger partial charge >= 0.3 is 0 Å². The molecule has 2 nitrogen and oxygen atoms in total. The van der Waals surface area contributed by atoms with Crippen LogP contribution in [-0.2, 0) is 0 Å². The van der Waals surface area contributed by atoms with Crippen molar-refractivity contribution < 1.29 is 10.2 Å². The summed E-state index contributed by atoms with van der Waals surface area (Å²) in [7, 11) is 0. The molecule has 2 atom stereocenters. The van der Waals surface area contributed by atoms with E-state index in [-0.39, 0.29) is 5.75 Å². The van der Waals surface area contributed by atoms with Crippen molar-refractivity contribution in [2.45, 2.75) is 19.1 Å². The van der Waals surface area contributed by atoms with Gasteiger partial charge in [0.25, 0.3) is 0 Å². The summed E-state index contributed by atoms with van der Waals surface area (Å²) < 4.78 is 0.993. The molecule has 0 saturated heterocycles. The Kier molecular flexibility index (Phi) is 4.25. The van der Waals surface area contributed by atoms with Gasteiger partial charge in [-0.3, -0.25) is 0 Å². The topological polar surface area (TPSA) is 40.5 Å². The predicted octanol–water partition coefficient (Wildman–Crippen LogP) is 2.14. The molecular weight excluding hydrogens is 272 g/mol. The quantitative estimate of drug-likeness (QED) is 0.744. The van der Waals surface area contributed by atoms with Crippen molar-refractivity contribution in [3.8, 4) is 0 Å². The van der Waals surface area contributed by atoms with Crippen molar-refractivity contribution in [2.75, 3.05) is 5.75 Å². The number of hydrogen-bond acceptors (Lipinski definition) is 4. The van der Waals surface area contributed by atoms with Crippen molar-refractivity contribution in [1.82, 2.24) is 0 Å². The van der Waals surface area contributed by atoms with Crippen LogP contribution in [-0.4, -0.2) is 22.1 Å². The molecule has 74 valence electrons. The van der Waals surface area contributed by atoms with Crippen LogP contribution in [0.25, 0.3) is 0 Å². The summed E-state index contributed by atoms with van der Waals surface area (Å²) in [5.41, 5.74) is 1.07. The van der Waals surface area contributed by atoms with Gasteiger partial charge in [-0.1, -0.05) is 0 Å². The van der Waals surface area contributed by atoms with Gasteiger partial charge in [0.1, 0.15) is 6.10 Å². The highest BCUT2D eigenvalue weighted by molar-refractivity contribution is 9.11. The van der Waals surface area contributed by atoms with Crippen molar-refractivity contribution in [1.29, 1.82) is 0 Å². The third kappa shape index (κ3) is 2.70. The number of thiol groups is 1. The smallest absolute Gasteiger partial charge is 0.115 e. The van der Waals surface area contributed by atoms with Crippen molar-refractivity contribution in [3.63, 3.8) is 0 Å². The van der Waals surface area contributed by atoms with Gasteiger partial charge in [-0.15, -0.1) is 11.3 Å². The number of thiophene rings is 1. The van der Waals surface area contributed by atoms with Crippen LogP contribution in [0.3, 0.4) is 0 Å². The van der Waals surface area contributed by atoms with E-state index < -0.39 is 12.2 Å². The average molecular weight is 283 g/mol. The second-order valence-electron chi connectivity index (χ2n) is 2.80. The molecule has 2 unspecified atom stereocenters. The molecule has 1 aromatic heterocycles. The summed E-state index contributed by atoms with van der Waals surface area (Å²) in [4.78, 5) is 0.769. The minimum atomic E-state index is -0.826. The van der Waals surface area contributed by atoms with E-state index in [4.69, 9.17) is 0 Å². The molecule has 5 heteroatoms. The first-order valence-electron chi connectivity index (χ1n) is 3.79. The first-order chi connectivity index (χ1) is 6.06. The largest absolute Gasteiger partial charge is 0.389 e. The maximum absolute atomic E-state index is 9.62. The van der Waals surface area contributed by atoms with Crippen LogP contribution in [0.2, 0.25) is 0 Å². The second-order valence-corrected chi connectivity index (χ2v) is 5.57. The maximum atomic E-state index is 9.62. The molecular formula is C8H11BrO2S2. The van der Waals surface area contributed by atoms with Crippen LogP contribution in [0.5, 0.6) is 0 Å². The monoisotopic (exact) mass is 282 g/mol. The number of rotatable bonds is 3. The first-order valence-corrected chi connectivity index (χ1v) is 6.03. The molecule has 0 saturated carbocycles. The summed E-state index contributed by atoms with van der Waals surface area (Å²) in [6.07, 6.45) is -1.62. The minimum Gasteiger partial charge on any atom is -0.389 e. The molecule has 1 aromatic rings. The molecule has 0 aromatic carbocycles. The zero-order valence-corrected chi connectivity index (χ0v) is 10.4. The van der Waals surface area contributed by atoms with Gasteiger partial charge in [-0.05, 0) is 34.5 Å². The maximum Gasteiger partial charge on any atom is 0.115 e. The van der Waals surface area contributed by atoms with Gasteiger partial charge in [0.2, 0.25) is 0 Å². The molecule has 0 fully saturated rings. The lowest BCUT2D eigenvalue weighted by Gasteiger charge is -2.13. The lowest BCUT2D eigenvalue weighted by molar-refractivity contribution is 0.0360. The van der Waals surface area contributed by atoms with Crippen LogP contribution in [0.4, 0.5) is 0 Å². The molecule has 1 heterocycles. The Hall–Kier alpha value is 0.450. The van der Waals surface area contributed by atoms with E-state index in [9.17, 15) is 10.2 Å². The number of aryl methyl sites for hydroxylation is 1. The summed E-state index contributed by atoms with van der Waals surface area (Å²) in [5, 5.41) is 19.0. The average Bonchev–Trinajstić information content (AvgIpc) is 2.44. The fourth-order valence-electron chi connectivity index (χ4n) is 0.919. The van der Waals surface area contributed by atoms with Crippen LogP contribution >= 0.6 is 39.9 Å². The zero-order valence-electron chi connectivity index (χ0n) is 7.07. The highest BCUT2D eigenvalue weighted by Gasteiger charge is 2.19. The van der Waals surface area contributed by atoms with Crippen LogP contribution in [0, 0.1) is 6.92 Å². The molecule has 2 N–H and O–H groups in total. The van der Waals surface area contributed by atoms with Gasteiger partial charge in [0.05, 0.1) is 9.89 Å². The van der Waals surface area contributed by atoms with E-state index in [2.05, 4.69) is 28.6 Å². The number of aliphatic hydroxyl groups is 2. The summed E-state index contributed by atoms with van der Waals surface area (Å²) in [6, 6.07) is 1.87. The fourth-order valence-corrected chi connectivity index (χ4v) is 2.73. The minimum absolute atomic E-state index is 0.260. The van der Waals surface area contributed by atoms with E-state index in [1.807, 2.05) is 13.0 Å². The van der Waals surface area contributed by atoms with E-state index in [0.717, 1.165) is 14.2 Å². The van der Waals surface area contributed by atoms with Gasteiger partial charge in [0, 0.05) is 10.6 Å². The Balaban J connectivity index is 2.82. The zero-order chi connectivity index (χ0) is 10.0. The van der Waals surface area contributed by atoms with Crippen LogP contribution < -0.4 is 0 Å². The summed E-state index contributed by atoms with van der Waals surface area (Å²) in [6.45, 7) is 1.95. The third-order valence-electron chi connectivity index (χ3n) is 1.72. The first kappa shape index (κ1) is 11.5. The summed E-state index contributed by atoms with van der Waals surface area (Å²) >= 11 is 8.72. The molecule has 0 aliphatic heterocycles. The molecule has 0 amide bonds. The van der Waals surface area contributed by atoms with E-state index >= 15 is 0 Å². The van der Waals surface area contributed by atoms with Crippen LogP contribution in [0.1, 0.15) is 16.5 Å². The van der Waals surface area contributed by atoms with Crippen molar-refractivity contribution in [2.24, 2.45) is 0 Å². The highest BCUT2D eigenvalue weighted by atomic mass is 79.9. The molecule has 1 rings (SSSR count). The Morgan fingerprint density at radius 1 is 1.62 bits per heavy atom. The fraction of sp³-hybridized carbons (Fsp3) is 0.500. The normalized spacial score (nSPS) is 15.8. The molecule has 0 bridgehead atoms. The molecule has 0 aliphatic rings. The lowest BCUT2D eigenvalue weighted by atomic mass is 10.2. The SMILES string of the molecule is Cc1cc(C(O)C(O)CS)sc1Br. The second kappa shape index (κ2) is 4.79. The Bertz CT molecular complexity index is 268. The van der Waals surface area contributed by atoms with E-state index in [0.29, 0.717) is 0 Å². The van der Waals surface area contributed by atoms with Gasteiger partial charge in [-0.2, -0.15) is 12.6 Å². The third-order valence-corrected chi connectivity index (χ3v) is 4.30. The standard InChI is InChI=1S/C8H11BrO2S2/c1-4-2-6(13-8(4)9)7(11)5(10)3-12/h2,5,7,10-12H,3H2,1H3. The van der Waals surface area contributed by atoms with Gasteiger partial charge in [-0.25, -0.2) is 0 Å². The molecule has 0 aliphatic carbocycles. The molecule has 13 heavy (non-hydrogen) atoms. The van der Waals surface area contributed by atoms with Gasteiger partial charge in [0.15, 0.2) is 0 Å². The van der Waals surface area contributed by atoms with E-state index in [1.54, 1.807) is 0 Å². The lowest BCUT2D eigenvalue weighted by Crippen LogP contribution is -2.18. The molecule has 0 spiro atoms. The summed E-state index contributed by atoms with van der Waals surface area (Å²) in [5.74, 6) is 0.260. The highest BCUT2D eigenvalue weighted by Crippen LogP contribution is 2.32. The molecule has 0 radical (unpaired) electrons.